The summed E-state index contributed by atoms with van der Waals surface area (Å²) < 4.78 is 4.84. The van der Waals surface area contributed by atoms with Crippen molar-refractivity contribution in [2.45, 2.75) is 12.6 Å². The Morgan fingerprint density at radius 2 is 2.26 bits per heavy atom. The Morgan fingerprint density at radius 3 is 2.84 bits per heavy atom. The molecule has 1 rings (SSSR count). The lowest BCUT2D eigenvalue weighted by Gasteiger charge is -2.20. The molecule has 0 amide bonds. The maximum Gasteiger partial charge on any atom is 0.288 e. The number of methoxy groups -OCH3 is 1. The van der Waals surface area contributed by atoms with Crippen molar-refractivity contribution < 1.29 is 14.8 Å². The van der Waals surface area contributed by atoms with Gasteiger partial charge in [0, 0.05) is 26.3 Å². The van der Waals surface area contributed by atoms with E-state index in [0.29, 0.717) is 13.1 Å². The van der Waals surface area contributed by atoms with Gasteiger partial charge in [-0.05, 0) is 18.7 Å². The van der Waals surface area contributed by atoms with Crippen LogP contribution in [0.15, 0.2) is 18.2 Å². The van der Waals surface area contributed by atoms with Crippen molar-refractivity contribution in [3.05, 3.63) is 38.9 Å². The van der Waals surface area contributed by atoms with Gasteiger partial charge in [0.05, 0.1) is 17.6 Å². The molecule has 0 saturated carbocycles. The molecule has 0 bridgehead atoms. The van der Waals surface area contributed by atoms with Crippen LogP contribution in [-0.2, 0) is 11.3 Å². The lowest BCUT2D eigenvalue weighted by molar-refractivity contribution is -0.384. The zero-order chi connectivity index (χ0) is 14.4. The summed E-state index contributed by atoms with van der Waals surface area (Å²) in [6, 6.07) is 4.69. The molecule has 0 aliphatic heterocycles. The van der Waals surface area contributed by atoms with Crippen molar-refractivity contribution in [2.24, 2.45) is 0 Å². The van der Waals surface area contributed by atoms with E-state index in [1.165, 1.54) is 19.2 Å². The van der Waals surface area contributed by atoms with Crippen LogP contribution in [0, 0.1) is 10.1 Å². The predicted octanol–water partition coefficient (Wildman–Crippen LogP) is 1.69. The first-order valence-electron chi connectivity index (χ1n) is 5.72. The molecule has 7 heteroatoms. The van der Waals surface area contributed by atoms with Gasteiger partial charge in [-0.2, -0.15) is 0 Å². The predicted molar refractivity (Wildman–Crippen MR) is 72.3 cm³/mol. The highest BCUT2D eigenvalue weighted by Crippen LogP contribution is 2.25. The maximum absolute atomic E-state index is 10.8. The van der Waals surface area contributed by atoms with E-state index in [0.717, 1.165) is 5.56 Å². The monoisotopic (exact) mass is 288 g/mol. The fourth-order valence-corrected chi connectivity index (χ4v) is 1.96. The molecule has 19 heavy (non-hydrogen) atoms. The van der Waals surface area contributed by atoms with Gasteiger partial charge in [-0.1, -0.05) is 17.7 Å². The Bertz CT molecular complexity index is 442. The van der Waals surface area contributed by atoms with Crippen molar-refractivity contribution in [2.75, 3.05) is 27.3 Å². The number of rotatable bonds is 7. The Morgan fingerprint density at radius 1 is 1.58 bits per heavy atom. The van der Waals surface area contributed by atoms with Crippen LogP contribution < -0.4 is 0 Å². The van der Waals surface area contributed by atoms with E-state index in [9.17, 15) is 15.2 Å². The summed E-state index contributed by atoms with van der Waals surface area (Å²) in [5, 5.41) is 20.5. The number of nitro benzene ring substituents is 1. The number of halogens is 1. The largest absolute Gasteiger partial charge is 0.389 e. The van der Waals surface area contributed by atoms with Crippen LogP contribution in [0.25, 0.3) is 0 Å². The summed E-state index contributed by atoms with van der Waals surface area (Å²) in [6.45, 7) is 1.16. The van der Waals surface area contributed by atoms with E-state index in [2.05, 4.69) is 0 Å². The van der Waals surface area contributed by atoms with Crippen LogP contribution in [0.5, 0.6) is 0 Å². The molecule has 0 heterocycles. The number of aliphatic hydroxyl groups is 1. The first kappa shape index (κ1) is 15.8. The average molecular weight is 289 g/mol. The molecular weight excluding hydrogens is 272 g/mol. The molecule has 1 N–H and O–H groups in total. The summed E-state index contributed by atoms with van der Waals surface area (Å²) in [7, 11) is 3.34. The summed E-state index contributed by atoms with van der Waals surface area (Å²) in [4.78, 5) is 12.1. The molecule has 1 unspecified atom stereocenters. The van der Waals surface area contributed by atoms with Gasteiger partial charge in [0.25, 0.3) is 5.69 Å². The number of hydrogen-bond donors (Lipinski definition) is 1. The lowest BCUT2D eigenvalue weighted by atomic mass is 10.2. The van der Waals surface area contributed by atoms with Gasteiger partial charge < -0.3 is 9.84 Å². The zero-order valence-electron chi connectivity index (χ0n) is 10.9. The Kier molecular flexibility index (Phi) is 6.17. The minimum Gasteiger partial charge on any atom is -0.389 e. The highest BCUT2D eigenvalue weighted by Gasteiger charge is 2.14. The Labute approximate surface area is 116 Å². The smallest absolute Gasteiger partial charge is 0.288 e. The van der Waals surface area contributed by atoms with Crippen molar-refractivity contribution in [3.63, 3.8) is 0 Å². The van der Waals surface area contributed by atoms with Crippen LogP contribution in [-0.4, -0.2) is 48.3 Å². The molecular formula is C12H17ClN2O4. The minimum atomic E-state index is -0.586. The topological polar surface area (TPSA) is 75.8 Å². The van der Waals surface area contributed by atoms with Crippen LogP contribution in [0.2, 0.25) is 5.02 Å². The number of ether oxygens (including phenoxy) is 1. The van der Waals surface area contributed by atoms with Gasteiger partial charge >= 0.3 is 0 Å². The number of likely N-dealkylation sites (N-methyl/N-ethyl adjacent to an activating group) is 1. The van der Waals surface area contributed by atoms with Crippen LogP contribution in [0.1, 0.15) is 5.56 Å². The summed E-state index contributed by atoms with van der Waals surface area (Å²) in [5.74, 6) is 0. The molecule has 6 nitrogen and oxygen atoms in total. The van der Waals surface area contributed by atoms with Crippen molar-refractivity contribution in [3.8, 4) is 0 Å². The molecule has 0 fully saturated rings. The van der Waals surface area contributed by atoms with E-state index in [-0.39, 0.29) is 17.3 Å². The standard InChI is InChI=1S/C12H17ClN2O4/c1-14(7-10(16)8-19-2)6-9-3-4-11(13)12(5-9)15(17)18/h3-5,10,16H,6-8H2,1-2H3. The van der Waals surface area contributed by atoms with E-state index >= 15 is 0 Å². The van der Waals surface area contributed by atoms with E-state index in [1.807, 2.05) is 11.9 Å². The fraction of sp³-hybridized carbons (Fsp3) is 0.500. The molecule has 0 radical (unpaired) electrons. The van der Waals surface area contributed by atoms with E-state index in [4.69, 9.17) is 16.3 Å². The third-order valence-corrected chi connectivity index (χ3v) is 2.86. The van der Waals surface area contributed by atoms with Crippen LogP contribution in [0.4, 0.5) is 5.69 Å². The SMILES string of the molecule is COCC(O)CN(C)Cc1ccc(Cl)c([N+](=O)[O-])c1. The number of nitro groups is 1. The van der Waals surface area contributed by atoms with Crippen LogP contribution in [0.3, 0.4) is 0 Å². The van der Waals surface area contributed by atoms with Gasteiger partial charge in [0.1, 0.15) is 5.02 Å². The molecule has 0 aliphatic carbocycles. The van der Waals surface area contributed by atoms with Crippen LogP contribution >= 0.6 is 11.6 Å². The third kappa shape index (κ3) is 5.12. The summed E-state index contributed by atoms with van der Waals surface area (Å²) in [6.07, 6.45) is -0.586. The zero-order valence-corrected chi connectivity index (χ0v) is 11.6. The normalized spacial score (nSPS) is 12.7. The fourth-order valence-electron chi connectivity index (χ4n) is 1.78. The second-order valence-electron chi connectivity index (χ2n) is 4.35. The maximum atomic E-state index is 10.8. The van der Waals surface area contributed by atoms with Gasteiger partial charge in [-0.15, -0.1) is 0 Å². The van der Waals surface area contributed by atoms with E-state index in [1.54, 1.807) is 6.07 Å². The average Bonchev–Trinajstić information content (AvgIpc) is 2.31. The number of nitrogens with zero attached hydrogens (tertiary/aromatic N) is 2. The van der Waals surface area contributed by atoms with Gasteiger partial charge in [-0.3, -0.25) is 15.0 Å². The Balaban J connectivity index is 2.66. The third-order valence-electron chi connectivity index (χ3n) is 2.54. The first-order valence-corrected chi connectivity index (χ1v) is 6.10. The minimum absolute atomic E-state index is 0.106. The van der Waals surface area contributed by atoms with Crippen molar-refractivity contribution in [1.29, 1.82) is 0 Å². The number of benzene rings is 1. The molecule has 0 saturated heterocycles. The molecule has 0 aliphatic rings. The quantitative estimate of drug-likeness (QED) is 0.610. The van der Waals surface area contributed by atoms with Crippen molar-refractivity contribution >= 4 is 17.3 Å². The van der Waals surface area contributed by atoms with Gasteiger partial charge in [0.15, 0.2) is 0 Å². The lowest BCUT2D eigenvalue weighted by Crippen LogP contribution is -2.31. The number of hydrogen-bond acceptors (Lipinski definition) is 5. The molecule has 1 atom stereocenters. The number of aliphatic hydroxyl groups excluding tert-OH is 1. The summed E-state index contributed by atoms with van der Waals surface area (Å²) in [5.41, 5.74) is 0.660. The molecule has 106 valence electrons. The molecule has 0 spiro atoms. The molecule has 1 aromatic rings. The first-order chi connectivity index (χ1) is 8.93. The Hall–Kier alpha value is -1.21. The van der Waals surface area contributed by atoms with Gasteiger partial charge in [-0.25, -0.2) is 0 Å². The van der Waals surface area contributed by atoms with Crippen molar-refractivity contribution in [1.82, 2.24) is 4.90 Å². The molecule has 1 aromatic carbocycles. The molecule has 0 aromatic heterocycles. The second kappa shape index (κ2) is 7.40. The highest BCUT2D eigenvalue weighted by atomic mass is 35.5. The summed E-state index contributed by atoms with van der Waals surface area (Å²) >= 11 is 5.74. The second-order valence-corrected chi connectivity index (χ2v) is 4.76. The van der Waals surface area contributed by atoms with E-state index < -0.39 is 11.0 Å². The van der Waals surface area contributed by atoms with Gasteiger partial charge in [0.2, 0.25) is 0 Å². The highest BCUT2D eigenvalue weighted by molar-refractivity contribution is 6.32.